The minimum Gasteiger partial charge on any atom is -0.494 e. The molecule has 55 heavy (non-hydrogen) atoms. The third-order valence-corrected chi connectivity index (χ3v) is 9.88. The Morgan fingerprint density at radius 1 is 0.327 bits per heavy atom. The average molecular weight is 783 g/mol. The summed E-state index contributed by atoms with van der Waals surface area (Å²) in [6.07, 6.45) is 31.7. The zero-order valence-corrected chi connectivity index (χ0v) is 38.1. The van der Waals surface area contributed by atoms with Gasteiger partial charge in [0, 0.05) is 12.8 Å². The lowest BCUT2D eigenvalue weighted by molar-refractivity contribution is -0.167. The molecule has 0 radical (unpaired) electrons. The minimum absolute atomic E-state index is 0.124. The summed E-state index contributed by atoms with van der Waals surface area (Å²) in [6.45, 7) is 20.6. The maximum Gasteiger partial charge on any atom is 0.162 e. The van der Waals surface area contributed by atoms with Crippen molar-refractivity contribution in [3.05, 3.63) is 23.0 Å². The average Bonchev–Trinajstić information content (AvgIpc) is 3.20. The number of unbranched alkanes of at least 4 members (excludes halogenated alkanes) is 16. The summed E-state index contributed by atoms with van der Waals surface area (Å²) < 4.78 is 44.9. The monoisotopic (exact) mass is 783 g/mol. The molecule has 0 spiro atoms. The SMILES string of the molecule is CCCCCCCCCCC(OCCC)=C(OCCC)C(CCCC)OCOCOC(CCCC)C(OCCC)=C(CCCCCCCCCC)OCCC. The highest BCUT2D eigenvalue weighted by Crippen LogP contribution is 2.27. The van der Waals surface area contributed by atoms with Gasteiger partial charge in [0.2, 0.25) is 0 Å². The van der Waals surface area contributed by atoms with E-state index in [9.17, 15) is 0 Å². The third-order valence-electron chi connectivity index (χ3n) is 9.88. The van der Waals surface area contributed by atoms with Crippen LogP contribution in [0.5, 0.6) is 0 Å². The number of allylic oxidation sites excluding steroid dienone is 2. The highest BCUT2D eigenvalue weighted by Gasteiger charge is 2.25. The van der Waals surface area contributed by atoms with Gasteiger partial charge in [0.1, 0.15) is 23.7 Å². The van der Waals surface area contributed by atoms with E-state index in [0.29, 0.717) is 26.4 Å². The molecule has 2 unspecified atom stereocenters. The van der Waals surface area contributed by atoms with Crippen LogP contribution in [0.4, 0.5) is 0 Å². The Bertz CT molecular complexity index is 789. The first-order valence-corrected chi connectivity index (χ1v) is 23.9. The smallest absolute Gasteiger partial charge is 0.162 e. The molecule has 0 aliphatic heterocycles. The van der Waals surface area contributed by atoms with E-state index in [1.165, 1.54) is 89.9 Å². The Hall–Kier alpha value is -1.44. The molecule has 0 saturated carbocycles. The molecule has 0 amide bonds. The Kier molecular flexibility index (Phi) is 41.1. The van der Waals surface area contributed by atoms with Gasteiger partial charge in [0.25, 0.3) is 0 Å². The van der Waals surface area contributed by atoms with Crippen LogP contribution < -0.4 is 0 Å². The summed E-state index contributed by atoms with van der Waals surface area (Å²) in [5, 5.41) is 0. The first-order chi connectivity index (χ1) is 27.1. The second kappa shape index (κ2) is 42.2. The standard InChI is InChI=1S/C48H94O7/c1-9-17-21-23-25-27-29-31-35-43(50-37-13-5)47(52-39-15-7)45(33-19-11-3)54-41-49-42-55-46(34-20-12-4)48(53-40-16-8)44(51-38-14-6)36-32-30-28-26-24-22-18-10-2/h45-46H,9-42H2,1-8H3. The van der Waals surface area contributed by atoms with Crippen molar-refractivity contribution in [2.45, 2.75) is 247 Å². The van der Waals surface area contributed by atoms with Crippen molar-refractivity contribution in [3.8, 4) is 0 Å². The van der Waals surface area contributed by atoms with Gasteiger partial charge in [0.15, 0.2) is 25.1 Å². The van der Waals surface area contributed by atoms with Crippen molar-refractivity contribution in [1.29, 1.82) is 0 Å². The first kappa shape index (κ1) is 53.6. The summed E-state index contributed by atoms with van der Waals surface area (Å²) >= 11 is 0. The van der Waals surface area contributed by atoms with Gasteiger partial charge in [-0.25, -0.2) is 0 Å². The number of rotatable bonds is 44. The van der Waals surface area contributed by atoms with Crippen LogP contribution in [0.15, 0.2) is 23.0 Å². The van der Waals surface area contributed by atoms with Crippen LogP contribution in [0, 0.1) is 0 Å². The van der Waals surface area contributed by atoms with Gasteiger partial charge < -0.3 is 33.2 Å². The number of hydrogen-bond acceptors (Lipinski definition) is 7. The van der Waals surface area contributed by atoms with E-state index >= 15 is 0 Å². The Labute approximate surface area is 342 Å². The van der Waals surface area contributed by atoms with Crippen LogP contribution in [-0.4, -0.2) is 52.2 Å². The molecule has 0 aromatic heterocycles. The van der Waals surface area contributed by atoms with Gasteiger partial charge in [-0.1, -0.05) is 171 Å². The predicted octanol–water partition coefficient (Wildman–Crippen LogP) is 15.3. The fraction of sp³-hybridized carbons (Fsp3) is 0.917. The Morgan fingerprint density at radius 2 is 0.636 bits per heavy atom. The normalized spacial score (nSPS) is 13.7. The molecule has 0 saturated heterocycles. The molecular formula is C48H94O7. The Balaban J connectivity index is 5.81. The van der Waals surface area contributed by atoms with Crippen molar-refractivity contribution >= 4 is 0 Å². The molecular weight excluding hydrogens is 689 g/mol. The topological polar surface area (TPSA) is 64.6 Å². The summed E-state index contributed by atoms with van der Waals surface area (Å²) in [5.74, 6) is 3.68. The molecule has 0 heterocycles. The van der Waals surface area contributed by atoms with Crippen molar-refractivity contribution in [2.75, 3.05) is 40.0 Å². The van der Waals surface area contributed by atoms with E-state index in [1.807, 2.05) is 0 Å². The molecule has 0 rings (SSSR count). The van der Waals surface area contributed by atoms with Crippen LogP contribution in [0.1, 0.15) is 235 Å². The van der Waals surface area contributed by atoms with Gasteiger partial charge in [-0.15, -0.1) is 0 Å². The van der Waals surface area contributed by atoms with Crippen LogP contribution in [0.25, 0.3) is 0 Å². The van der Waals surface area contributed by atoms with Crippen LogP contribution in [-0.2, 0) is 33.2 Å². The van der Waals surface area contributed by atoms with E-state index in [-0.39, 0.29) is 25.8 Å². The van der Waals surface area contributed by atoms with E-state index in [4.69, 9.17) is 33.2 Å². The van der Waals surface area contributed by atoms with Crippen molar-refractivity contribution < 1.29 is 33.2 Å². The molecule has 0 bridgehead atoms. The van der Waals surface area contributed by atoms with Gasteiger partial charge in [-0.3, -0.25) is 0 Å². The molecule has 0 aromatic carbocycles. The lowest BCUT2D eigenvalue weighted by Gasteiger charge is -2.26. The van der Waals surface area contributed by atoms with E-state index in [2.05, 4.69) is 55.4 Å². The quantitative estimate of drug-likeness (QED) is 0.0346. The lowest BCUT2D eigenvalue weighted by Crippen LogP contribution is -2.25. The van der Waals surface area contributed by atoms with E-state index in [0.717, 1.165) is 113 Å². The fourth-order valence-corrected chi connectivity index (χ4v) is 6.61. The molecule has 2 atom stereocenters. The first-order valence-electron chi connectivity index (χ1n) is 23.9. The summed E-state index contributed by atoms with van der Waals surface area (Å²) in [5.41, 5.74) is 0. The number of ether oxygens (including phenoxy) is 7. The van der Waals surface area contributed by atoms with E-state index < -0.39 is 0 Å². The van der Waals surface area contributed by atoms with Crippen molar-refractivity contribution in [1.82, 2.24) is 0 Å². The minimum atomic E-state index is -0.215. The van der Waals surface area contributed by atoms with Gasteiger partial charge in [-0.2, -0.15) is 0 Å². The van der Waals surface area contributed by atoms with Crippen molar-refractivity contribution in [2.24, 2.45) is 0 Å². The maximum atomic E-state index is 6.51. The molecule has 0 aliphatic rings. The molecule has 0 aromatic rings. The Morgan fingerprint density at radius 3 is 0.964 bits per heavy atom. The van der Waals surface area contributed by atoms with E-state index in [1.54, 1.807) is 0 Å². The van der Waals surface area contributed by atoms with Gasteiger partial charge in [-0.05, 0) is 51.4 Å². The lowest BCUT2D eigenvalue weighted by atomic mass is 10.0. The molecule has 7 nitrogen and oxygen atoms in total. The van der Waals surface area contributed by atoms with Crippen LogP contribution in [0.3, 0.4) is 0 Å². The zero-order valence-electron chi connectivity index (χ0n) is 38.1. The van der Waals surface area contributed by atoms with Crippen LogP contribution in [0.2, 0.25) is 0 Å². The summed E-state index contributed by atoms with van der Waals surface area (Å²) in [7, 11) is 0. The van der Waals surface area contributed by atoms with Crippen LogP contribution >= 0.6 is 0 Å². The van der Waals surface area contributed by atoms with Gasteiger partial charge in [0.05, 0.1) is 26.4 Å². The highest BCUT2D eigenvalue weighted by atomic mass is 16.7. The summed E-state index contributed by atoms with van der Waals surface area (Å²) in [4.78, 5) is 0. The maximum absolute atomic E-state index is 6.51. The predicted molar refractivity (Wildman–Crippen MR) is 233 cm³/mol. The highest BCUT2D eigenvalue weighted by molar-refractivity contribution is 5.09. The second-order valence-corrected chi connectivity index (χ2v) is 15.5. The molecule has 7 heteroatoms. The zero-order chi connectivity index (χ0) is 40.5. The largest absolute Gasteiger partial charge is 0.494 e. The third kappa shape index (κ3) is 30.3. The number of hydrogen-bond donors (Lipinski definition) is 0. The molecule has 0 aliphatic carbocycles. The fourth-order valence-electron chi connectivity index (χ4n) is 6.61. The molecule has 0 fully saturated rings. The second-order valence-electron chi connectivity index (χ2n) is 15.5. The van der Waals surface area contributed by atoms with Gasteiger partial charge >= 0.3 is 0 Å². The molecule has 328 valence electrons. The summed E-state index contributed by atoms with van der Waals surface area (Å²) in [6, 6.07) is 0. The molecule has 0 N–H and O–H groups in total. The van der Waals surface area contributed by atoms with Crippen molar-refractivity contribution in [3.63, 3.8) is 0 Å².